The van der Waals surface area contributed by atoms with Crippen molar-refractivity contribution in [1.29, 1.82) is 0 Å². The lowest BCUT2D eigenvalue weighted by Gasteiger charge is -2.24. The Morgan fingerprint density at radius 1 is 1.11 bits per heavy atom. The molecule has 1 aromatic carbocycles. The first-order chi connectivity index (χ1) is 9.43. The summed E-state index contributed by atoms with van der Waals surface area (Å²) in [7, 11) is 0. The van der Waals surface area contributed by atoms with Crippen LogP contribution >= 0.6 is 0 Å². The van der Waals surface area contributed by atoms with Gasteiger partial charge >= 0.3 is 0 Å². The van der Waals surface area contributed by atoms with Gasteiger partial charge in [-0.2, -0.15) is 0 Å². The molecule has 4 nitrogen and oxygen atoms in total. The van der Waals surface area contributed by atoms with Crippen molar-refractivity contribution in [2.45, 2.75) is 31.9 Å². The molecule has 1 unspecified atom stereocenters. The third-order valence-electron chi connectivity index (χ3n) is 3.61. The summed E-state index contributed by atoms with van der Waals surface area (Å²) in [4.78, 5) is 0. The predicted octanol–water partition coefficient (Wildman–Crippen LogP) is 2.12. The fourth-order valence-electron chi connectivity index (χ4n) is 2.61. The van der Waals surface area contributed by atoms with Crippen molar-refractivity contribution in [1.82, 2.24) is 5.32 Å². The third-order valence-corrected chi connectivity index (χ3v) is 3.61. The smallest absolute Gasteiger partial charge is 0.165 e. The molecule has 0 spiro atoms. The van der Waals surface area contributed by atoms with E-state index >= 15 is 0 Å². The van der Waals surface area contributed by atoms with Crippen molar-refractivity contribution in [3.63, 3.8) is 0 Å². The number of para-hydroxylation sites is 1. The normalized spacial score (nSPS) is 22.2. The van der Waals surface area contributed by atoms with Crippen LogP contribution in [-0.2, 0) is 11.3 Å². The lowest BCUT2D eigenvalue weighted by molar-refractivity contribution is 0.0167. The Morgan fingerprint density at radius 2 is 2.05 bits per heavy atom. The van der Waals surface area contributed by atoms with Gasteiger partial charge in [-0.3, -0.25) is 0 Å². The van der Waals surface area contributed by atoms with Gasteiger partial charge in [-0.15, -0.1) is 0 Å². The second-order valence-electron chi connectivity index (χ2n) is 5.06. The van der Waals surface area contributed by atoms with Gasteiger partial charge in [-0.05, 0) is 25.3 Å². The Balaban J connectivity index is 1.54. The molecule has 0 aromatic heterocycles. The molecule has 1 saturated heterocycles. The molecule has 4 heteroatoms. The van der Waals surface area contributed by atoms with Crippen molar-refractivity contribution < 1.29 is 14.2 Å². The molecule has 1 aromatic rings. The highest BCUT2D eigenvalue weighted by atomic mass is 16.6. The van der Waals surface area contributed by atoms with Crippen molar-refractivity contribution in [3.05, 3.63) is 23.8 Å². The van der Waals surface area contributed by atoms with Crippen molar-refractivity contribution >= 4 is 0 Å². The van der Waals surface area contributed by atoms with Crippen LogP contribution in [0, 0.1) is 0 Å². The number of hydrogen-bond acceptors (Lipinski definition) is 4. The number of ether oxygens (including phenoxy) is 3. The molecule has 0 amide bonds. The molecule has 19 heavy (non-hydrogen) atoms. The molecule has 1 atom stereocenters. The van der Waals surface area contributed by atoms with Crippen molar-refractivity contribution in [3.8, 4) is 11.5 Å². The lowest BCUT2D eigenvalue weighted by atomic mass is 10.1. The minimum atomic E-state index is 0.366. The number of benzene rings is 1. The summed E-state index contributed by atoms with van der Waals surface area (Å²) >= 11 is 0. The van der Waals surface area contributed by atoms with Gasteiger partial charge in [0.1, 0.15) is 13.2 Å². The minimum Gasteiger partial charge on any atom is -0.486 e. The Bertz CT molecular complexity index is 416. The summed E-state index contributed by atoms with van der Waals surface area (Å²) in [6, 6.07) is 6.06. The predicted molar refractivity (Wildman–Crippen MR) is 72.7 cm³/mol. The van der Waals surface area contributed by atoms with Crippen LogP contribution < -0.4 is 14.8 Å². The van der Waals surface area contributed by atoms with Gasteiger partial charge in [0.2, 0.25) is 0 Å². The van der Waals surface area contributed by atoms with Gasteiger partial charge < -0.3 is 19.5 Å². The van der Waals surface area contributed by atoms with E-state index in [2.05, 4.69) is 11.4 Å². The van der Waals surface area contributed by atoms with E-state index in [1.807, 2.05) is 12.1 Å². The average molecular weight is 263 g/mol. The number of fused-ring (bicyclic) bond motifs is 1. The summed E-state index contributed by atoms with van der Waals surface area (Å²) in [6.07, 6.45) is 4.02. The van der Waals surface area contributed by atoms with Crippen LogP contribution in [-0.4, -0.2) is 32.5 Å². The maximum atomic E-state index is 5.71. The number of rotatable bonds is 4. The Kier molecular flexibility index (Phi) is 4.20. The molecule has 2 aliphatic rings. The second kappa shape index (κ2) is 6.26. The largest absolute Gasteiger partial charge is 0.486 e. The van der Waals surface area contributed by atoms with Crippen LogP contribution in [0.4, 0.5) is 0 Å². The number of nitrogens with one attached hydrogen (secondary N) is 1. The SMILES string of the molecule is c1cc(CNCC2CCCCO2)c2c(c1)OCCO2. The van der Waals surface area contributed by atoms with Gasteiger partial charge in [0.05, 0.1) is 6.10 Å². The molecule has 2 aliphatic heterocycles. The molecule has 104 valence electrons. The summed E-state index contributed by atoms with van der Waals surface area (Å²) in [5.74, 6) is 1.75. The van der Waals surface area contributed by atoms with E-state index in [0.29, 0.717) is 19.3 Å². The van der Waals surface area contributed by atoms with E-state index in [1.165, 1.54) is 19.3 Å². The lowest BCUT2D eigenvalue weighted by Crippen LogP contribution is -2.31. The first-order valence-electron chi connectivity index (χ1n) is 7.13. The van der Waals surface area contributed by atoms with E-state index in [1.54, 1.807) is 0 Å². The summed E-state index contributed by atoms with van der Waals surface area (Å²) in [5.41, 5.74) is 1.16. The van der Waals surface area contributed by atoms with Crippen molar-refractivity contribution in [2.75, 3.05) is 26.4 Å². The molecule has 0 aliphatic carbocycles. The zero-order valence-corrected chi connectivity index (χ0v) is 11.2. The van der Waals surface area contributed by atoms with Gasteiger partial charge in [-0.25, -0.2) is 0 Å². The van der Waals surface area contributed by atoms with Crippen LogP contribution in [0.1, 0.15) is 24.8 Å². The molecule has 0 saturated carbocycles. The molecule has 2 heterocycles. The molecular formula is C15H21NO3. The van der Waals surface area contributed by atoms with Gasteiger partial charge in [0.15, 0.2) is 11.5 Å². The average Bonchev–Trinajstić information content (AvgIpc) is 2.49. The quantitative estimate of drug-likeness (QED) is 0.903. The number of hydrogen-bond donors (Lipinski definition) is 1. The topological polar surface area (TPSA) is 39.7 Å². The standard InChI is InChI=1S/C15H21NO3/c1-2-7-17-13(5-1)11-16-10-12-4-3-6-14-15(12)19-9-8-18-14/h3-4,6,13,16H,1-2,5,7-11H2. The molecular weight excluding hydrogens is 242 g/mol. The zero-order chi connectivity index (χ0) is 12.9. The van der Waals surface area contributed by atoms with E-state index in [0.717, 1.165) is 36.8 Å². The first-order valence-corrected chi connectivity index (χ1v) is 7.13. The van der Waals surface area contributed by atoms with Gasteiger partial charge in [0.25, 0.3) is 0 Å². The molecule has 1 N–H and O–H groups in total. The highest BCUT2D eigenvalue weighted by Gasteiger charge is 2.16. The summed E-state index contributed by atoms with van der Waals surface area (Å²) in [6.45, 7) is 3.89. The van der Waals surface area contributed by atoms with Crippen LogP contribution in [0.3, 0.4) is 0 Å². The maximum absolute atomic E-state index is 5.71. The van der Waals surface area contributed by atoms with Crippen LogP contribution in [0.25, 0.3) is 0 Å². The summed E-state index contributed by atoms with van der Waals surface area (Å²) < 4.78 is 17.0. The monoisotopic (exact) mass is 263 g/mol. The molecule has 3 rings (SSSR count). The van der Waals surface area contributed by atoms with E-state index in [9.17, 15) is 0 Å². The Morgan fingerprint density at radius 3 is 2.95 bits per heavy atom. The van der Waals surface area contributed by atoms with Crippen LogP contribution in [0.15, 0.2) is 18.2 Å². The second-order valence-corrected chi connectivity index (χ2v) is 5.06. The summed E-state index contributed by atoms with van der Waals surface area (Å²) in [5, 5.41) is 3.46. The zero-order valence-electron chi connectivity index (χ0n) is 11.2. The van der Waals surface area contributed by atoms with Crippen molar-refractivity contribution in [2.24, 2.45) is 0 Å². The fraction of sp³-hybridized carbons (Fsp3) is 0.600. The fourth-order valence-corrected chi connectivity index (χ4v) is 2.61. The Labute approximate surface area is 114 Å². The maximum Gasteiger partial charge on any atom is 0.165 e. The third kappa shape index (κ3) is 3.19. The van der Waals surface area contributed by atoms with Gasteiger partial charge in [0, 0.05) is 25.3 Å². The highest BCUT2D eigenvalue weighted by Crippen LogP contribution is 2.33. The molecule has 1 fully saturated rings. The van der Waals surface area contributed by atoms with E-state index in [-0.39, 0.29) is 0 Å². The van der Waals surface area contributed by atoms with Crippen LogP contribution in [0.5, 0.6) is 11.5 Å². The minimum absolute atomic E-state index is 0.366. The first kappa shape index (κ1) is 12.8. The van der Waals surface area contributed by atoms with E-state index < -0.39 is 0 Å². The van der Waals surface area contributed by atoms with E-state index in [4.69, 9.17) is 14.2 Å². The molecule has 0 radical (unpaired) electrons. The Hall–Kier alpha value is -1.26. The highest BCUT2D eigenvalue weighted by molar-refractivity contribution is 5.47. The molecule has 0 bridgehead atoms. The van der Waals surface area contributed by atoms with Crippen LogP contribution in [0.2, 0.25) is 0 Å². The van der Waals surface area contributed by atoms with Gasteiger partial charge in [-0.1, -0.05) is 12.1 Å².